The molecule has 0 saturated heterocycles. The molecule has 1 heterocycles. The molecular formula is C26H40N8O5. The van der Waals surface area contributed by atoms with Gasteiger partial charge in [-0.05, 0) is 50.2 Å². The van der Waals surface area contributed by atoms with Crippen LogP contribution in [0, 0.1) is 5.92 Å². The lowest BCUT2D eigenvalue weighted by Crippen LogP contribution is -2.56. The second kappa shape index (κ2) is 14.7. The Kier molecular flexibility index (Phi) is 11.7. The van der Waals surface area contributed by atoms with Crippen LogP contribution in [0.1, 0.15) is 45.6 Å². The first-order valence-electron chi connectivity index (χ1n) is 12.9. The number of aromatic amines is 1. The van der Waals surface area contributed by atoms with Crippen LogP contribution in [0.4, 0.5) is 0 Å². The van der Waals surface area contributed by atoms with E-state index in [1.807, 2.05) is 38.1 Å². The number of carbonyl (C=O) groups is 4. The number of aliphatic imine (C=N–C) groups is 1. The topological polar surface area (TPSA) is 231 Å². The van der Waals surface area contributed by atoms with E-state index in [9.17, 15) is 24.3 Å². The smallest absolute Gasteiger partial charge is 0.326 e. The van der Waals surface area contributed by atoms with Crippen LogP contribution >= 0.6 is 0 Å². The molecule has 1 aromatic heterocycles. The van der Waals surface area contributed by atoms with Crippen molar-refractivity contribution in [2.24, 2.45) is 28.1 Å². The molecular weight excluding hydrogens is 504 g/mol. The van der Waals surface area contributed by atoms with Crippen LogP contribution in [0.25, 0.3) is 10.9 Å². The molecule has 1 aromatic carbocycles. The van der Waals surface area contributed by atoms with Gasteiger partial charge in [0.25, 0.3) is 0 Å². The Bertz CT molecular complexity index is 1170. The Morgan fingerprint density at radius 2 is 1.64 bits per heavy atom. The van der Waals surface area contributed by atoms with Gasteiger partial charge in [0.2, 0.25) is 17.7 Å². The average Bonchev–Trinajstić information content (AvgIpc) is 3.27. The molecule has 13 heteroatoms. The summed E-state index contributed by atoms with van der Waals surface area (Å²) in [6.07, 6.45) is 2.75. The van der Waals surface area contributed by atoms with E-state index in [4.69, 9.17) is 17.2 Å². The molecule has 0 aliphatic heterocycles. The second-order valence-corrected chi connectivity index (χ2v) is 9.94. The van der Waals surface area contributed by atoms with Crippen molar-refractivity contribution in [3.63, 3.8) is 0 Å². The number of benzene rings is 1. The highest BCUT2D eigenvalue weighted by Gasteiger charge is 2.29. The highest BCUT2D eigenvalue weighted by Crippen LogP contribution is 2.18. The maximum absolute atomic E-state index is 13.0. The number of fused-ring (bicyclic) bond motifs is 1. The quantitative estimate of drug-likeness (QED) is 0.0840. The molecule has 0 spiro atoms. The van der Waals surface area contributed by atoms with Crippen LogP contribution in [0.5, 0.6) is 0 Å². The van der Waals surface area contributed by atoms with Crippen molar-refractivity contribution >= 4 is 40.6 Å². The predicted octanol–water partition coefficient (Wildman–Crippen LogP) is -0.304. The van der Waals surface area contributed by atoms with Gasteiger partial charge in [-0.15, -0.1) is 0 Å². The second-order valence-electron chi connectivity index (χ2n) is 9.94. The number of carbonyl (C=O) groups excluding carboxylic acids is 3. The van der Waals surface area contributed by atoms with Crippen LogP contribution in [-0.4, -0.2) is 70.5 Å². The summed E-state index contributed by atoms with van der Waals surface area (Å²) >= 11 is 0. The lowest BCUT2D eigenvalue weighted by Gasteiger charge is -2.24. The Hall–Kier alpha value is -4.13. The van der Waals surface area contributed by atoms with Gasteiger partial charge >= 0.3 is 5.97 Å². The number of aromatic nitrogens is 1. The molecule has 3 amide bonds. The summed E-state index contributed by atoms with van der Waals surface area (Å²) in [7, 11) is 0. The fourth-order valence-electron chi connectivity index (χ4n) is 4.05. The van der Waals surface area contributed by atoms with E-state index in [2.05, 4.69) is 25.9 Å². The molecule has 0 aliphatic carbocycles. The van der Waals surface area contributed by atoms with E-state index >= 15 is 0 Å². The van der Waals surface area contributed by atoms with Crippen molar-refractivity contribution in [3.05, 3.63) is 36.0 Å². The molecule has 0 bridgehead atoms. The van der Waals surface area contributed by atoms with Gasteiger partial charge < -0.3 is 43.2 Å². The largest absolute Gasteiger partial charge is 0.480 e. The minimum atomic E-state index is -1.17. The summed E-state index contributed by atoms with van der Waals surface area (Å²) in [4.78, 5) is 57.2. The molecule has 13 nitrogen and oxygen atoms in total. The predicted molar refractivity (Wildman–Crippen MR) is 148 cm³/mol. The summed E-state index contributed by atoms with van der Waals surface area (Å²) in [6.45, 7) is 5.36. The number of para-hydroxylation sites is 1. The SMILES string of the molecule is CC(C)CC(NC(=O)C(CCCN=C(N)N)NC(=O)C(C)NC(=O)C(N)Cc1c[nH]c2ccccc12)C(=O)O. The zero-order valence-electron chi connectivity index (χ0n) is 22.6. The van der Waals surface area contributed by atoms with Gasteiger partial charge in [-0.25, -0.2) is 4.79 Å². The van der Waals surface area contributed by atoms with Crippen molar-refractivity contribution in [2.75, 3.05) is 6.54 Å². The van der Waals surface area contributed by atoms with Gasteiger partial charge in [0.15, 0.2) is 5.96 Å². The number of nitrogens with one attached hydrogen (secondary N) is 4. The van der Waals surface area contributed by atoms with Crippen molar-refractivity contribution in [1.29, 1.82) is 0 Å². The molecule has 0 fully saturated rings. The third-order valence-electron chi connectivity index (χ3n) is 6.10. The number of carboxylic acids is 1. The number of hydrogen-bond acceptors (Lipinski definition) is 6. The molecule has 0 saturated carbocycles. The number of nitrogens with two attached hydrogens (primary N) is 3. The lowest BCUT2D eigenvalue weighted by atomic mass is 10.0. The first-order chi connectivity index (χ1) is 18.4. The van der Waals surface area contributed by atoms with E-state index in [0.29, 0.717) is 6.42 Å². The number of guanidine groups is 1. The molecule has 4 atom stereocenters. The molecule has 39 heavy (non-hydrogen) atoms. The molecule has 0 aliphatic rings. The fourth-order valence-corrected chi connectivity index (χ4v) is 4.05. The van der Waals surface area contributed by atoms with Crippen LogP contribution < -0.4 is 33.2 Å². The standard InChI is InChI=1S/C26H40N8O5/c1-14(2)11-21(25(38)39)34-24(37)20(9-6-10-30-26(28)29)33-22(35)15(3)32-23(36)18(27)12-16-13-31-19-8-5-4-7-17(16)19/h4-5,7-8,13-15,18,20-21,31H,6,9-12,27H2,1-3H3,(H,32,36)(H,33,35)(H,34,37)(H,38,39)(H4,28,29,30). The minimum absolute atomic E-state index is 0.0185. The van der Waals surface area contributed by atoms with Crippen molar-refractivity contribution in [3.8, 4) is 0 Å². The normalized spacial score (nSPS) is 14.2. The third-order valence-corrected chi connectivity index (χ3v) is 6.10. The maximum Gasteiger partial charge on any atom is 0.326 e. The van der Waals surface area contributed by atoms with E-state index < -0.39 is 47.9 Å². The van der Waals surface area contributed by atoms with Crippen molar-refractivity contribution in [1.82, 2.24) is 20.9 Å². The monoisotopic (exact) mass is 544 g/mol. The summed E-state index contributed by atoms with van der Waals surface area (Å²) < 4.78 is 0. The van der Waals surface area contributed by atoms with Crippen LogP contribution in [0.15, 0.2) is 35.5 Å². The highest BCUT2D eigenvalue weighted by atomic mass is 16.4. The summed E-state index contributed by atoms with van der Waals surface area (Å²) in [6, 6.07) is 3.53. The Morgan fingerprint density at radius 1 is 0.974 bits per heavy atom. The number of aliphatic carboxylic acids is 1. The van der Waals surface area contributed by atoms with Crippen molar-refractivity contribution in [2.45, 2.75) is 70.6 Å². The first-order valence-corrected chi connectivity index (χ1v) is 12.9. The number of hydrogen-bond donors (Lipinski definition) is 8. The van der Waals surface area contributed by atoms with Gasteiger partial charge in [-0.1, -0.05) is 32.0 Å². The Balaban J connectivity index is 2.02. The molecule has 11 N–H and O–H groups in total. The van der Waals surface area contributed by atoms with E-state index in [1.54, 1.807) is 6.20 Å². The van der Waals surface area contributed by atoms with Gasteiger partial charge in [-0.3, -0.25) is 19.4 Å². The van der Waals surface area contributed by atoms with Crippen LogP contribution in [0.3, 0.4) is 0 Å². The number of rotatable bonds is 15. The molecule has 214 valence electrons. The molecule has 0 radical (unpaired) electrons. The third kappa shape index (κ3) is 9.93. The van der Waals surface area contributed by atoms with Crippen LogP contribution in [-0.2, 0) is 25.6 Å². The van der Waals surface area contributed by atoms with Gasteiger partial charge in [-0.2, -0.15) is 0 Å². The Labute approximate surface area is 227 Å². The fraction of sp³-hybridized carbons (Fsp3) is 0.500. The van der Waals surface area contributed by atoms with Crippen LogP contribution in [0.2, 0.25) is 0 Å². The zero-order valence-corrected chi connectivity index (χ0v) is 22.6. The average molecular weight is 545 g/mol. The molecule has 2 aromatic rings. The number of nitrogens with zero attached hydrogens (tertiary/aromatic N) is 1. The van der Waals surface area contributed by atoms with Crippen molar-refractivity contribution < 1.29 is 24.3 Å². The van der Waals surface area contributed by atoms with E-state index in [1.165, 1.54) is 6.92 Å². The zero-order chi connectivity index (χ0) is 29.1. The first kappa shape index (κ1) is 31.1. The summed E-state index contributed by atoms with van der Waals surface area (Å²) in [5.41, 5.74) is 18.6. The van der Waals surface area contributed by atoms with Gasteiger partial charge in [0.1, 0.15) is 18.1 Å². The van der Waals surface area contributed by atoms with Gasteiger partial charge in [0.05, 0.1) is 6.04 Å². The number of carboxylic acid groups (broad SMARTS) is 1. The number of amides is 3. The highest BCUT2D eigenvalue weighted by molar-refractivity contribution is 5.94. The lowest BCUT2D eigenvalue weighted by molar-refractivity contribution is -0.142. The molecule has 4 unspecified atom stereocenters. The minimum Gasteiger partial charge on any atom is -0.480 e. The van der Waals surface area contributed by atoms with E-state index in [-0.39, 0.29) is 37.7 Å². The molecule has 2 rings (SSSR count). The summed E-state index contributed by atoms with van der Waals surface area (Å²) in [5.74, 6) is -3.07. The summed E-state index contributed by atoms with van der Waals surface area (Å²) in [5, 5.41) is 18.1. The van der Waals surface area contributed by atoms with Gasteiger partial charge in [0, 0.05) is 23.6 Å². The van der Waals surface area contributed by atoms with E-state index in [0.717, 1.165) is 16.5 Å². The maximum atomic E-state index is 13.0. The number of H-pyrrole nitrogens is 1. The Morgan fingerprint density at radius 3 is 2.28 bits per heavy atom.